The van der Waals surface area contributed by atoms with Crippen LogP contribution in [0.2, 0.25) is 0 Å². The molecular weight excluding hydrogens is 232 g/mol. The van der Waals surface area contributed by atoms with Crippen LogP contribution in [0.25, 0.3) is 11.1 Å². The summed E-state index contributed by atoms with van der Waals surface area (Å²) in [5, 5.41) is 3.38. The van der Waals surface area contributed by atoms with E-state index in [2.05, 4.69) is 10.3 Å². The highest BCUT2D eigenvalue weighted by atomic mass is 16.5. The highest BCUT2D eigenvalue weighted by Gasteiger charge is 2.17. The zero-order chi connectivity index (χ0) is 12.4. The number of rotatable bonds is 3. The number of nitrogens with zero attached hydrogens (tertiary/aromatic N) is 1. The number of benzene rings is 1. The van der Waals surface area contributed by atoms with E-state index < -0.39 is 0 Å². The number of morpholine rings is 1. The number of oxazole rings is 1. The van der Waals surface area contributed by atoms with Crippen LogP contribution in [0.15, 0.2) is 22.6 Å². The summed E-state index contributed by atoms with van der Waals surface area (Å²) in [6.07, 6.45) is 0.734. The van der Waals surface area contributed by atoms with E-state index in [1.165, 1.54) is 0 Å². The van der Waals surface area contributed by atoms with Crippen LogP contribution >= 0.6 is 0 Å². The van der Waals surface area contributed by atoms with Gasteiger partial charge < -0.3 is 19.2 Å². The van der Waals surface area contributed by atoms with E-state index >= 15 is 0 Å². The Labute approximate surface area is 105 Å². The minimum Gasteiger partial charge on any atom is -0.494 e. The molecule has 1 saturated heterocycles. The molecule has 5 heteroatoms. The number of aromatic nitrogens is 1. The minimum absolute atomic E-state index is 0.276. The van der Waals surface area contributed by atoms with Gasteiger partial charge in [0, 0.05) is 19.0 Å². The Morgan fingerprint density at radius 2 is 2.44 bits per heavy atom. The Balaban J connectivity index is 1.84. The normalized spacial score (nSPS) is 20.2. The van der Waals surface area contributed by atoms with Crippen LogP contribution in [0.4, 0.5) is 0 Å². The van der Waals surface area contributed by atoms with Gasteiger partial charge in [0.25, 0.3) is 0 Å². The summed E-state index contributed by atoms with van der Waals surface area (Å²) in [6, 6.07) is 5.96. The third-order valence-corrected chi connectivity index (χ3v) is 3.07. The average Bonchev–Trinajstić information content (AvgIpc) is 2.82. The van der Waals surface area contributed by atoms with Crippen molar-refractivity contribution in [1.29, 1.82) is 0 Å². The van der Waals surface area contributed by atoms with E-state index in [-0.39, 0.29) is 6.04 Å². The fourth-order valence-electron chi connectivity index (χ4n) is 2.18. The number of hydrogen-bond donors (Lipinski definition) is 1. The summed E-state index contributed by atoms with van der Waals surface area (Å²) in [7, 11) is 1.64. The molecule has 1 aliphatic rings. The maximum atomic E-state index is 5.73. The summed E-state index contributed by atoms with van der Waals surface area (Å²) in [5.41, 5.74) is 1.55. The van der Waals surface area contributed by atoms with Crippen molar-refractivity contribution in [1.82, 2.24) is 10.3 Å². The van der Waals surface area contributed by atoms with Crippen LogP contribution in [0.3, 0.4) is 0 Å². The van der Waals surface area contributed by atoms with Gasteiger partial charge in [0.1, 0.15) is 5.75 Å². The molecule has 0 bridgehead atoms. The summed E-state index contributed by atoms with van der Waals surface area (Å²) in [4.78, 5) is 4.49. The highest BCUT2D eigenvalue weighted by molar-refractivity contribution is 5.79. The molecule has 0 aliphatic carbocycles. The first kappa shape index (κ1) is 11.5. The van der Waals surface area contributed by atoms with Crippen molar-refractivity contribution < 1.29 is 13.9 Å². The van der Waals surface area contributed by atoms with E-state index in [1.54, 1.807) is 7.11 Å². The third-order valence-electron chi connectivity index (χ3n) is 3.07. The number of nitrogens with one attached hydrogen (secondary N) is 1. The molecule has 0 spiro atoms. The Morgan fingerprint density at radius 3 is 3.22 bits per heavy atom. The summed E-state index contributed by atoms with van der Waals surface area (Å²) < 4.78 is 16.4. The largest absolute Gasteiger partial charge is 0.494 e. The lowest BCUT2D eigenvalue weighted by atomic mass is 10.2. The van der Waals surface area contributed by atoms with E-state index in [4.69, 9.17) is 13.9 Å². The fourth-order valence-corrected chi connectivity index (χ4v) is 2.18. The number of ether oxygens (including phenoxy) is 2. The molecular formula is C13H16N2O3. The molecule has 3 rings (SSSR count). The smallest absolute Gasteiger partial charge is 0.197 e. The molecule has 1 unspecified atom stereocenters. The maximum Gasteiger partial charge on any atom is 0.197 e. The van der Waals surface area contributed by atoms with E-state index in [0.717, 1.165) is 42.3 Å². The van der Waals surface area contributed by atoms with Crippen LogP contribution in [-0.2, 0) is 11.2 Å². The summed E-state index contributed by atoms with van der Waals surface area (Å²) >= 11 is 0. The molecule has 2 aromatic rings. The van der Waals surface area contributed by atoms with Crippen molar-refractivity contribution in [3.05, 3.63) is 24.1 Å². The van der Waals surface area contributed by atoms with Gasteiger partial charge in [-0.15, -0.1) is 0 Å². The molecule has 1 atom stereocenters. The van der Waals surface area contributed by atoms with Gasteiger partial charge in [-0.25, -0.2) is 4.98 Å². The second kappa shape index (κ2) is 4.96. The molecule has 96 valence electrons. The summed E-state index contributed by atoms with van der Waals surface area (Å²) in [5.74, 6) is 1.47. The van der Waals surface area contributed by atoms with Gasteiger partial charge >= 0.3 is 0 Å². The molecule has 1 aromatic carbocycles. The van der Waals surface area contributed by atoms with Crippen LogP contribution in [0.1, 0.15) is 5.89 Å². The molecule has 1 N–H and O–H groups in total. The number of para-hydroxylation sites is 1. The van der Waals surface area contributed by atoms with Gasteiger partial charge in [-0.3, -0.25) is 0 Å². The molecule has 0 saturated carbocycles. The number of hydrogen-bond acceptors (Lipinski definition) is 5. The predicted octanol–water partition coefficient (Wildman–Crippen LogP) is 1.37. The highest BCUT2D eigenvalue weighted by Crippen LogP contribution is 2.25. The quantitative estimate of drug-likeness (QED) is 0.889. The average molecular weight is 248 g/mol. The van der Waals surface area contributed by atoms with Crippen molar-refractivity contribution in [2.45, 2.75) is 12.5 Å². The second-order valence-electron chi connectivity index (χ2n) is 4.34. The monoisotopic (exact) mass is 248 g/mol. The van der Waals surface area contributed by atoms with Gasteiger partial charge in [0.05, 0.1) is 20.3 Å². The fraction of sp³-hybridized carbons (Fsp3) is 0.462. The molecule has 1 aromatic heterocycles. The standard InChI is InChI=1S/C13H16N2O3/c1-16-10-3-2-4-11-13(10)15-12(18-11)7-9-8-17-6-5-14-9/h2-4,9,14H,5-8H2,1H3. The molecule has 5 nitrogen and oxygen atoms in total. The van der Waals surface area contributed by atoms with Gasteiger partial charge in [-0.2, -0.15) is 0 Å². The minimum atomic E-state index is 0.276. The van der Waals surface area contributed by atoms with Crippen molar-refractivity contribution in [2.24, 2.45) is 0 Å². The first-order valence-corrected chi connectivity index (χ1v) is 6.10. The van der Waals surface area contributed by atoms with Crippen LogP contribution in [0, 0.1) is 0 Å². The second-order valence-corrected chi connectivity index (χ2v) is 4.34. The molecule has 0 amide bonds. The maximum absolute atomic E-state index is 5.73. The Bertz CT molecular complexity index is 532. The van der Waals surface area contributed by atoms with E-state index in [0.29, 0.717) is 6.61 Å². The summed E-state index contributed by atoms with van der Waals surface area (Å²) in [6.45, 7) is 2.36. The van der Waals surface area contributed by atoms with Gasteiger partial charge in [-0.05, 0) is 12.1 Å². The molecule has 1 aliphatic heterocycles. The lowest BCUT2D eigenvalue weighted by Crippen LogP contribution is -2.42. The predicted molar refractivity (Wildman–Crippen MR) is 66.9 cm³/mol. The number of fused-ring (bicyclic) bond motifs is 1. The molecule has 18 heavy (non-hydrogen) atoms. The van der Waals surface area contributed by atoms with E-state index in [1.807, 2.05) is 18.2 Å². The van der Waals surface area contributed by atoms with Crippen molar-refractivity contribution in [2.75, 3.05) is 26.9 Å². The molecule has 2 heterocycles. The van der Waals surface area contributed by atoms with Crippen LogP contribution in [-0.4, -0.2) is 37.9 Å². The third kappa shape index (κ3) is 2.19. The Kier molecular flexibility index (Phi) is 3.17. The molecule has 1 fully saturated rings. The van der Waals surface area contributed by atoms with Gasteiger partial charge in [0.2, 0.25) is 0 Å². The first-order chi connectivity index (χ1) is 8.86. The topological polar surface area (TPSA) is 56.5 Å². The Hall–Kier alpha value is -1.59. The SMILES string of the molecule is COc1cccc2oc(CC3COCCN3)nc12. The lowest BCUT2D eigenvalue weighted by Gasteiger charge is -2.22. The zero-order valence-corrected chi connectivity index (χ0v) is 10.3. The van der Waals surface area contributed by atoms with Crippen LogP contribution < -0.4 is 10.1 Å². The first-order valence-electron chi connectivity index (χ1n) is 6.10. The zero-order valence-electron chi connectivity index (χ0n) is 10.3. The van der Waals surface area contributed by atoms with Gasteiger partial charge in [0.15, 0.2) is 17.0 Å². The number of methoxy groups -OCH3 is 1. The van der Waals surface area contributed by atoms with Crippen LogP contribution in [0.5, 0.6) is 5.75 Å². The Morgan fingerprint density at radius 1 is 1.50 bits per heavy atom. The molecule has 0 radical (unpaired) electrons. The van der Waals surface area contributed by atoms with Crippen molar-refractivity contribution >= 4 is 11.1 Å². The van der Waals surface area contributed by atoms with Gasteiger partial charge in [-0.1, -0.05) is 6.07 Å². The van der Waals surface area contributed by atoms with Crippen molar-refractivity contribution in [3.8, 4) is 5.75 Å². The van der Waals surface area contributed by atoms with E-state index in [9.17, 15) is 0 Å². The van der Waals surface area contributed by atoms with Crippen molar-refractivity contribution in [3.63, 3.8) is 0 Å². The lowest BCUT2D eigenvalue weighted by molar-refractivity contribution is 0.0751.